The smallest absolute Gasteiger partial charge is 0.307 e. The average Bonchev–Trinajstić information content (AvgIpc) is 2.96. The topological polar surface area (TPSA) is 80.1 Å². The molecular weight excluding hydrogens is 385 g/mol. The van der Waals surface area contributed by atoms with E-state index in [1.165, 1.54) is 0 Å². The predicted molar refractivity (Wildman–Crippen MR) is 98.6 cm³/mol. The molecule has 0 aliphatic rings. The summed E-state index contributed by atoms with van der Waals surface area (Å²) in [4.78, 5) is 13.8. The van der Waals surface area contributed by atoms with Crippen LogP contribution in [0.3, 0.4) is 0 Å². The van der Waals surface area contributed by atoms with Crippen LogP contribution in [0.25, 0.3) is 0 Å². The molecule has 0 aliphatic heterocycles. The van der Waals surface area contributed by atoms with Gasteiger partial charge in [0.1, 0.15) is 5.75 Å². The first-order valence-corrected chi connectivity index (χ1v) is 8.90. The van der Waals surface area contributed by atoms with Crippen LogP contribution in [0.1, 0.15) is 21.7 Å². The van der Waals surface area contributed by atoms with Gasteiger partial charge in [0.2, 0.25) is 11.8 Å². The number of aryl methyl sites for hydroxylation is 2. The summed E-state index contributed by atoms with van der Waals surface area (Å²) in [5.41, 5.74) is 2.46. The molecule has 0 saturated carbocycles. The fourth-order valence-corrected chi connectivity index (χ4v) is 3.65. The summed E-state index contributed by atoms with van der Waals surface area (Å²) in [7, 11) is 1.79. The van der Waals surface area contributed by atoms with Crippen LogP contribution in [-0.2, 0) is 13.5 Å². The molecule has 6 nitrogen and oxygen atoms in total. The van der Waals surface area contributed by atoms with E-state index in [1.807, 2.05) is 13.8 Å². The first kappa shape index (κ1) is 17.8. The summed E-state index contributed by atoms with van der Waals surface area (Å²) >= 11 is 13.4. The van der Waals surface area contributed by atoms with Gasteiger partial charge in [0.05, 0.1) is 15.6 Å². The molecule has 2 heterocycles. The van der Waals surface area contributed by atoms with E-state index in [0.29, 0.717) is 32.1 Å². The molecule has 0 bridgehead atoms. The highest BCUT2D eigenvalue weighted by Crippen LogP contribution is 2.37. The summed E-state index contributed by atoms with van der Waals surface area (Å²) in [6, 6.07) is 3.29. The maximum Gasteiger partial charge on any atom is 0.307 e. The van der Waals surface area contributed by atoms with E-state index in [2.05, 4.69) is 10.1 Å². The molecule has 0 radical (unpaired) electrons. The number of ether oxygens (including phenoxy) is 1. The minimum Gasteiger partial charge on any atom is -0.494 e. The Morgan fingerprint density at radius 1 is 1.32 bits per heavy atom. The van der Waals surface area contributed by atoms with Crippen molar-refractivity contribution in [2.75, 3.05) is 0 Å². The minimum atomic E-state index is -0.324. The number of thiazole rings is 1. The fraction of sp³-hybridized carbons (Fsp3) is 0.250. The summed E-state index contributed by atoms with van der Waals surface area (Å²) in [5.74, 6) is 0.859. The average molecular weight is 400 g/mol. The molecule has 0 atom stereocenters. The lowest BCUT2D eigenvalue weighted by Gasteiger charge is -2.12. The van der Waals surface area contributed by atoms with Crippen molar-refractivity contribution >= 4 is 34.5 Å². The van der Waals surface area contributed by atoms with Gasteiger partial charge < -0.3 is 9.84 Å². The predicted octanol–water partition coefficient (Wildman–Crippen LogP) is 4.18. The van der Waals surface area contributed by atoms with Gasteiger partial charge in [0.25, 0.3) is 0 Å². The molecule has 1 aromatic carbocycles. The third-order valence-electron chi connectivity index (χ3n) is 3.82. The zero-order chi connectivity index (χ0) is 18.3. The Bertz CT molecular complexity index is 1010. The molecule has 2 N–H and O–H groups in total. The van der Waals surface area contributed by atoms with Crippen LogP contribution in [0.2, 0.25) is 10.0 Å². The second-order valence-corrected chi connectivity index (χ2v) is 7.46. The Morgan fingerprint density at radius 3 is 2.60 bits per heavy atom. The molecule has 0 amide bonds. The van der Waals surface area contributed by atoms with Crippen molar-refractivity contribution < 1.29 is 9.84 Å². The molecule has 0 fully saturated rings. The first-order valence-electron chi connectivity index (χ1n) is 7.33. The van der Waals surface area contributed by atoms with E-state index in [9.17, 15) is 9.90 Å². The molecule has 25 heavy (non-hydrogen) atoms. The van der Waals surface area contributed by atoms with Crippen LogP contribution in [0.5, 0.6) is 17.5 Å². The van der Waals surface area contributed by atoms with E-state index < -0.39 is 0 Å². The first-order chi connectivity index (χ1) is 11.8. The highest BCUT2D eigenvalue weighted by Gasteiger charge is 2.17. The molecule has 0 aliphatic carbocycles. The van der Waals surface area contributed by atoms with Gasteiger partial charge in [-0.3, -0.25) is 9.78 Å². The van der Waals surface area contributed by atoms with Crippen LogP contribution in [-0.4, -0.2) is 19.9 Å². The Kier molecular flexibility index (Phi) is 4.81. The van der Waals surface area contributed by atoms with E-state index in [1.54, 1.807) is 23.9 Å². The SMILES string of the molecule is Cc1nn(C)c(Oc2cc(Cc3sc(=O)[nH]c3O)c(Cl)cc2Cl)c1C. The Labute approximate surface area is 157 Å². The van der Waals surface area contributed by atoms with Crippen molar-refractivity contribution in [3.8, 4) is 17.5 Å². The van der Waals surface area contributed by atoms with E-state index >= 15 is 0 Å². The van der Waals surface area contributed by atoms with E-state index in [0.717, 1.165) is 22.6 Å². The number of rotatable bonds is 4. The summed E-state index contributed by atoms with van der Waals surface area (Å²) in [5, 5.41) is 14.9. The number of aromatic hydroxyl groups is 1. The highest BCUT2D eigenvalue weighted by atomic mass is 35.5. The second-order valence-electron chi connectivity index (χ2n) is 5.58. The molecule has 3 aromatic rings. The Morgan fingerprint density at radius 2 is 2.04 bits per heavy atom. The third kappa shape index (κ3) is 3.53. The third-order valence-corrected chi connectivity index (χ3v) is 5.34. The molecule has 3 rings (SSSR count). The molecule has 0 saturated heterocycles. The molecule has 2 aromatic heterocycles. The van der Waals surface area contributed by atoms with Gasteiger partial charge in [-0.15, -0.1) is 0 Å². The molecular formula is C16H15Cl2N3O3S. The van der Waals surface area contributed by atoms with Crippen LogP contribution in [0.15, 0.2) is 16.9 Å². The Hall–Kier alpha value is -1.96. The minimum absolute atomic E-state index is 0.151. The number of hydrogen-bond donors (Lipinski definition) is 2. The number of hydrogen-bond acceptors (Lipinski definition) is 5. The van der Waals surface area contributed by atoms with Crippen LogP contribution in [0, 0.1) is 13.8 Å². The lowest BCUT2D eigenvalue weighted by Crippen LogP contribution is -1.98. The monoisotopic (exact) mass is 399 g/mol. The maximum absolute atomic E-state index is 11.3. The van der Waals surface area contributed by atoms with E-state index in [4.69, 9.17) is 27.9 Å². The summed E-state index contributed by atoms with van der Waals surface area (Å²) in [6.07, 6.45) is 0.283. The van der Waals surface area contributed by atoms with Gasteiger partial charge in [-0.25, -0.2) is 4.68 Å². The van der Waals surface area contributed by atoms with Gasteiger partial charge in [-0.05, 0) is 31.5 Å². The zero-order valence-corrected chi connectivity index (χ0v) is 16.0. The lowest BCUT2D eigenvalue weighted by molar-refractivity contribution is 0.427. The normalized spacial score (nSPS) is 11.1. The van der Waals surface area contributed by atoms with Crippen molar-refractivity contribution in [2.45, 2.75) is 20.3 Å². The van der Waals surface area contributed by atoms with Crippen molar-refractivity contribution in [1.29, 1.82) is 0 Å². The van der Waals surface area contributed by atoms with Crippen LogP contribution < -0.4 is 9.61 Å². The molecule has 9 heteroatoms. The zero-order valence-electron chi connectivity index (χ0n) is 13.7. The summed E-state index contributed by atoms with van der Waals surface area (Å²) in [6.45, 7) is 3.81. The number of aromatic nitrogens is 3. The molecule has 0 unspecified atom stereocenters. The molecule has 0 spiro atoms. The number of H-pyrrole nitrogens is 1. The maximum atomic E-state index is 11.3. The quantitative estimate of drug-likeness (QED) is 0.689. The highest BCUT2D eigenvalue weighted by molar-refractivity contribution is 7.09. The van der Waals surface area contributed by atoms with Crippen molar-refractivity contribution in [2.24, 2.45) is 7.05 Å². The van der Waals surface area contributed by atoms with Gasteiger partial charge in [0, 0.05) is 24.1 Å². The van der Waals surface area contributed by atoms with Crippen molar-refractivity contribution in [3.05, 3.63) is 53.5 Å². The van der Waals surface area contributed by atoms with Gasteiger partial charge in [0.15, 0.2) is 0 Å². The largest absolute Gasteiger partial charge is 0.494 e. The second kappa shape index (κ2) is 6.74. The molecule has 132 valence electrons. The van der Waals surface area contributed by atoms with Gasteiger partial charge in [-0.2, -0.15) is 5.10 Å². The number of halogens is 2. The summed E-state index contributed by atoms with van der Waals surface area (Å²) < 4.78 is 7.58. The van der Waals surface area contributed by atoms with Crippen molar-refractivity contribution in [3.63, 3.8) is 0 Å². The van der Waals surface area contributed by atoms with Crippen LogP contribution >= 0.6 is 34.5 Å². The standard InChI is InChI=1S/C16H15Cl2N3O3S/c1-7-8(2)20-21(3)15(7)24-12-4-9(10(17)6-11(12)18)5-13-14(22)19-16(23)25-13/h4,6,22H,5H2,1-3H3,(H,19,23). The van der Waals surface area contributed by atoms with Crippen molar-refractivity contribution in [1.82, 2.24) is 14.8 Å². The fourth-order valence-electron chi connectivity index (χ4n) is 2.42. The Balaban J connectivity index is 1.98. The number of nitrogens with one attached hydrogen (secondary N) is 1. The van der Waals surface area contributed by atoms with Gasteiger partial charge in [-0.1, -0.05) is 34.5 Å². The van der Waals surface area contributed by atoms with E-state index in [-0.39, 0.29) is 17.2 Å². The number of nitrogens with zero attached hydrogens (tertiary/aromatic N) is 2. The lowest BCUT2D eigenvalue weighted by atomic mass is 10.1. The number of aromatic amines is 1. The van der Waals surface area contributed by atoms with Crippen LogP contribution in [0.4, 0.5) is 0 Å². The number of benzene rings is 1. The van der Waals surface area contributed by atoms with Gasteiger partial charge >= 0.3 is 4.87 Å².